The number of carbonyl (C=O) groups excluding carboxylic acids is 1. The maximum absolute atomic E-state index is 13.0. The zero-order valence-electron chi connectivity index (χ0n) is 11.7. The van der Waals surface area contributed by atoms with Crippen molar-refractivity contribution in [1.29, 1.82) is 0 Å². The number of nitrogens with zero attached hydrogens (tertiary/aromatic N) is 1. The van der Waals surface area contributed by atoms with Crippen LogP contribution in [0.3, 0.4) is 0 Å². The van der Waals surface area contributed by atoms with Crippen LogP contribution in [-0.4, -0.2) is 21.8 Å². The molecule has 1 aromatic heterocycles. The Morgan fingerprint density at radius 1 is 1.55 bits per heavy atom. The van der Waals surface area contributed by atoms with E-state index in [0.29, 0.717) is 23.5 Å². The van der Waals surface area contributed by atoms with Gasteiger partial charge in [0.15, 0.2) is 0 Å². The third-order valence-corrected chi connectivity index (χ3v) is 5.68. The molecule has 0 atom stereocenters. The van der Waals surface area contributed by atoms with Crippen molar-refractivity contribution in [3.63, 3.8) is 0 Å². The van der Waals surface area contributed by atoms with Gasteiger partial charge in [-0.1, -0.05) is 25.2 Å². The molecule has 2 N–H and O–H groups in total. The Kier molecular flexibility index (Phi) is 3.58. The highest BCUT2D eigenvalue weighted by Crippen LogP contribution is 2.48. The van der Waals surface area contributed by atoms with Crippen LogP contribution in [0.5, 0.6) is 0 Å². The summed E-state index contributed by atoms with van der Waals surface area (Å²) in [5.41, 5.74) is 5.35. The van der Waals surface area contributed by atoms with Crippen molar-refractivity contribution in [3.05, 3.63) is 22.4 Å². The number of carbonyl (C=O) groups is 1. The lowest BCUT2D eigenvalue weighted by Gasteiger charge is -2.46. The molecule has 0 spiro atoms. The number of hydrogen-bond donors (Lipinski definition) is 1. The van der Waals surface area contributed by atoms with Gasteiger partial charge in [-0.3, -0.25) is 4.79 Å². The van der Waals surface area contributed by atoms with Crippen LogP contribution in [0.25, 0.3) is 0 Å². The van der Waals surface area contributed by atoms with Crippen LogP contribution >= 0.6 is 23.6 Å². The van der Waals surface area contributed by atoms with E-state index in [2.05, 4.69) is 18.4 Å². The minimum Gasteiger partial charge on any atom is -0.392 e. The number of rotatable bonds is 5. The zero-order valence-corrected chi connectivity index (χ0v) is 13.3. The average molecular weight is 308 g/mol. The van der Waals surface area contributed by atoms with Gasteiger partial charge in [0.25, 0.3) is 0 Å². The maximum atomic E-state index is 13.0. The summed E-state index contributed by atoms with van der Waals surface area (Å²) in [4.78, 5) is 16.6. The third kappa shape index (κ3) is 2.37. The molecule has 0 saturated heterocycles. The summed E-state index contributed by atoms with van der Waals surface area (Å²) >= 11 is 6.92. The van der Waals surface area contributed by atoms with Gasteiger partial charge >= 0.3 is 0 Å². The summed E-state index contributed by atoms with van der Waals surface area (Å²) in [6.45, 7) is 2.87. The first kappa shape index (κ1) is 14.0. The summed E-state index contributed by atoms with van der Waals surface area (Å²) in [6.07, 6.45) is 3.85. The molecule has 0 unspecified atom stereocenters. The lowest BCUT2D eigenvalue weighted by Crippen LogP contribution is -2.57. The van der Waals surface area contributed by atoms with Crippen LogP contribution in [0.4, 0.5) is 0 Å². The van der Waals surface area contributed by atoms with E-state index >= 15 is 0 Å². The molecule has 5 heteroatoms. The van der Waals surface area contributed by atoms with E-state index in [9.17, 15) is 4.79 Å². The minimum atomic E-state index is -0.561. The summed E-state index contributed by atoms with van der Waals surface area (Å²) in [5, 5.41) is 2.06. The second-order valence-electron chi connectivity index (χ2n) is 6.20. The number of amides is 1. The van der Waals surface area contributed by atoms with Gasteiger partial charge in [-0.25, -0.2) is 0 Å². The molecule has 2 aliphatic carbocycles. The fourth-order valence-corrected chi connectivity index (χ4v) is 4.17. The molecule has 3 nitrogen and oxygen atoms in total. The summed E-state index contributed by atoms with van der Waals surface area (Å²) in [6, 6.07) is 4.51. The highest BCUT2D eigenvalue weighted by atomic mass is 32.1. The van der Waals surface area contributed by atoms with Gasteiger partial charge in [-0.05, 0) is 43.0 Å². The SMILES string of the molecule is CC1CC(C(=O)N(Cc2cccs2)C2CC2)(C(N)=S)C1. The Hall–Kier alpha value is -0.940. The first-order chi connectivity index (χ1) is 9.53. The van der Waals surface area contributed by atoms with Gasteiger partial charge in [0.1, 0.15) is 0 Å². The van der Waals surface area contributed by atoms with Crippen LogP contribution in [0.15, 0.2) is 17.5 Å². The average Bonchev–Trinajstić information content (AvgIpc) is 3.08. The Labute approximate surface area is 129 Å². The summed E-state index contributed by atoms with van der Waals surface area (Å²) in [7, 11) is 0. The quantitative estimate of drug-likeness (QED) is 0.851. The van der Waals surface area contributed by atoms with E-state index in [1.54, 1.807) is 11.3 Å². The van der Waals surface area contributed by atoms with E-state index in [1.165, 1.54) is 4.88 Å². The molecule has 2 aliphatic rings. The Morgan fingerprint density at radius 2 is 2.25 bits per heavy atom. The first-order valence-corrected chi connectivity index (χ1v) is 8.45. The highest BCUT2D eigenvalue weighted by molar-refractivity contribution is 7.80. The maximum Gasteiger partial charge on any atom is 0.236 e. The molecule has 108 valence electrons. The van der Waals surface area contributed by atoms with E-state index in [4.69, 9.17) is 18.0 Å². The Bertz CT molecular complexity index is 516. The van der Waals surface area contributed by atoms with Crippen LogP contribution in [0.2, 0.25) is 0 Å². The molecule has 3 rings (SSSR count). The first-order valence-electron chi connectivity index (χ1n) is 7.16. The van der Waals surface area contributed by atoms with E-state index in [0.717, 1.165) is 25.7 Å². The van der Waals surface area contributed by atoms with E-state index < -0.39 is 5.41 Å². The molecular formula is C15H20N2OS2. The molecule has 0 aliphatic heterocycles. The van der Waals surface area contributed by atoms with Gasteiger partial charge < -0.3 is 10.6 Å². The van der Waals surface area contributed by atoms with Crippen molar-refractivity contribution in [1.82, 2.24) is 4.90 Å². The topological polar surface area (TPSA) is 46.3 Å². The molecule has 1 amide bonds. The van der Waals surface area contributed by atoms with Crippen molar-refractivity contribution in [3.8, 4) is 0 Å². The van der Waals surface area contributed by atoms with Crippen LogP contribution in [0, 0.1) is 11.3 Å². The largest absolute Gasteiger partial charge is 0.392 e. The molecule has 2 fully saturated rings. The predicted molar refractivity (Wildman–Crippen MR) is 85.5 cm³/mol. The lowest BCUT2D eigenvalue weighted by molar-refractivity contribution is -0.145. The second kappa shape index (κ2) is 5.11. The van der Waals surface area contributed by atoms with E-state index in [1.807, 2.05) is 11.0 Å². The Balaban J connectivity index is 1.80. The molecule has 1 aromatic rings. The number of hydrogen-bond acceptors (Lipinski definition) is 3. The smallest absolute Gasteiger partial charge is 0.236 e. The van der Waals surface area contributed by atoms with E-state index in [-0.39, 0.29) is 5.91 Å². The molecule has 0 bridgehead atoms. The van der Waals surface area contributed by atoms with Crippen LogP contribution in [-0.2, 0) is 11.3 Å². The molecule has 20 heavy (non-hydrogen) atoms. The fraction of sp³-hybridized carbons (Fsp3) is 0.600. The molecular weight excluding hydrogens is 288 g/mol. The summed E-state index contributed by atoms with van der Waals surface area (Å²) < 4.78 is 0. The predicted octanol–water partition coefficient (Wildman–Crippen LogP) is 2.94. The summed E-state index contributed by atoms with van der Waals surface area (Å²) in [5.74, 6) is 0.710. The zero-order chi connectivity index (χ0) is 14.3. The fourth-order valence-electron chi connectivity index (χ4n) is 3.21. The van der Waals surface area contributed by atoms with Crippen molar-refractivity contribution in [2.75, 3.05) is 0 Å². The van der Waals surface area contributed by atoms with Crippen molar-refractivity contribution >= 4 is 34.5 Å². The van der Waals surface area contributed by atoms with Crippen molar-refractivity contribution in [2.45, 2.75) is 45.2 Å². The highest BCUT2D eigenvalue weighted by Gasteiger charge is 2.54. The second-order valence-corrected chi connectivity index (χ2v) is 7.68. The number of thiophene rings is 1. The van der Waals surface area contributed by atoms with Gasteiger partial charge in [0.05, 0.1) is 16.9 Å². The lowest BCUT2D eigenvalue weighted by atomic mass is 9.61. The van der Waals surface area contributed by atoms with Gasteiger partial charge in [-0.2, -0.15) is 0 Å². The standard InChI is InChI=1S/C15H20N2OS2/c1-10-7-15(8-10,13(16)19)14(18)17(11-4-5-11)9-12-3-2-6-20-12/h2-3,6,10-11H,4-5,7-9H2,1H3,(H2,16,19). The Morgan fingerprint density at radius 3 is 2.70 bits per heavy atom. The minimum absolute atomic E-state index is 0.166. The van der Waals surface area contributed by atoms with Crippen LogP contribution in [0.1, 0.15) is 37.5 Å². The normalized spacial score (nSPS) is 28.8. The third-order valence-electron chi connectivity index (χ3n) is 4.43. The molecule has 0 aromatic carbocycles. The van der Waals surface area contributed by atoms with Crippen molar-refractivity contribution in [2.24, 2.45) is 17.1 Å². The number of thiocarbonyl (C=S) groups is 1. The molecule has 2 saturated carbocycles. The van der Waals surface area contributed by atoms with Gasteiger partial charge in [0, 0.05) is 10.9 Å². The monoisotopic (exact) mass is 308 g/mol. The molecule has 0 radical (unpaired) electrons. The van der Waals surface area contributed by atoms with Crippen LogP contribution < -0.4 is 5.73 Å². The molecule has 1 heterocycles. The van der Waals surface area contributed by atoms with Crippen molar-refractivity contribution < 1.29 is 4.79 Å². The van der Waals surface area contributed by atoms with Gasteiger partial charge in [-0.15, -0.1) is 11.3 Å². The van der Waals surface area contributed by atoms with Gasteiger partial charge in [0.2, 0.25) is 5.91 Å². The number of nitrogens with two attached hydrogens (primary N) is 1.